The van der Waals surface area contributed by atoms with Crippen molar-refractivity contribution in [3.8, 4) is 17.1 Å². The Morgan fingerprint density at radius 3 is 2.63 bits per heavy atom. The molecule has 0 saturated carbocycles. The van der Waals surface area contributed by atoms with Gasteiger partial charge in [0.05, 0.1) is 25.2 Å². The third-order valence-electron chi connectivity index (χ3n) is 5.17. The molecule has 1 aromatic heterocycles. The van der Waals surface area contributed by atoms with E-state index in [1.807, 2.05) is 55.5 Å². The third kappa shape index (κ3) is 5.22. The molecule has 2 heterocycles. The number of ether oxygens (including phenoxy) is 2. The minimum atomic E-state index is 0.623. The quantitative estimate of drug-likeness (QED) is 0.510. The fraction of sp³-hybridized carbons (Fsp3) is 0.375. The van der Waals surface area contributed by atoms with E-state index in [9.17, 15) is 0 Å². The zero-order valence-corrected chi connectivity index (χ0v) is 18.0. The molecule has 0 spiro atoms. The largest absolute Gasteiger partial charge is 0.494 e. The zero-order valence-electron chi connectivity index (χ0n) is 17.3. The summed E-state index contributed by atoms with van der Waals surface area (Å²) in [5.41, 5.74) is 1.76. The molecule has 0 radical (unpaired) electrons. The Kier molecular flexibility index (Phi) is 7.05. The summed E-state index contributed by atoms with van der Waals surface area (Å²) in [6.07, 6.45) is 1.01. The number of hydrogen-bond acceptors (Lipinski definition) is 5. The minimum Gasteiger partial charge on any atom is -0.494 e. The summed E-state index contributed by atoms with van der Waals surface area (Å²) in [7, 11) is 0. The minimum absolute atomic E-state index is 0.623. The first kappa shape index (κ1) is 20.9. The van der Waals surface area contributed by atoms with E-state index in [0.29, 0.717) is 11.6 Å². The van der Waals surface area contributed by atoms with E-state index in [2.05, 4.69) is 4.90 Å². The molecular formula is C24H27ClN2O3. The van der Waals surface area contributed by atoms with Crippen LogP contribution in [-0.4, -0.2) is 50.9 Å². The van der Waals surface area contributed by atoms with Crippen LogP contribution in [0.4, 0.5) is 0 Å². The zero-order chi connectivity index (χ0) is 20.8. The van der Waals surface area contributed by atoms with Crippen molar-refractivity contribution in [3.63, 3.8) is 0 Å². The third-order valence-corrected chi connectivity index (χ3v) is 5.42. The number of fused-ring (bicyclic) bond motifs is 1. The first-order chi connectivity index (χ1) is 14.7. The second-order valence-corrected chi connectivity index (χ2v) is 7.72. The molecule has 1 fully saturated rings. The molecule has 0 unspecified atom stereocenters. The Morgan fingerprint density at radius 2 is 1.87 bits per heavy atom. The molecule has 3 aromatic rings. The van der Waals surface area contributed by atoms with Gasteiger partial charge in [-0.2, -0.15) is 0 Å². The number of benzene rings is 2. The van der Waals surface area contributed by atoms with Crippen LogP contribution in [0.15, 0.2) is 57.9 Å². The number of hydrogen-bond donors (Lipinski definition) is 0. The van der Waals surface area contributed by atoms with E-state index < -0.39 is 0 Å². The van der Waals surface area contributed by atoms with Crippen LogP contribution in [0.25, 0.3) is 22.3 Å². The van der Waals surface area contributed by atoms with Crippen molar-refractivity contribution >= 4 is 22.6 Å². The van der Waals surface area contributed by atoms with Crippen LogP contribution >= 0.6 is 11.6 Å². The van der Waals surface area contributed by atoms with Gasteiger partial charge in [0.15, 0.2) is 0 Å². The maximum atomic E-state index is 6.18. The van der Waals surface area contributed by atoms with Crippen molar-refractivity contribution in [2.75, 3.05) is 46.0 Å². The van der Waals surface area contributed by atoms with Gasteiger partial charge in [-0.15, -0.1) is 0 Å². The molecule has 0 N–H and O–H groups in total. The normalized spacial score (nSPS) is 15.6. The van der Waals surface area contributed by atoms with Gasteiger partial charge in [-0.3, -0.25) is 9.89 Å². The topological polar surface area (TPSA) is 47.2 Å². The molecule has 2 aromatic carbocycles. The van der Waals surface area contributed by atoms with E-state index in [0.717, 1.165) is 79.2 Å². The summed E-state index contributed by atoms with van der Waals surface area (Å²) in [6, 6.07) is 15.6. The van der Waals surface area contributed by atoms with Crippen LogP contribution < -0.4 is 10.1 Å². The SMILES string of the molecule is CCOc1ccc2oc(-c3ccc(Cl)cc3)cc(=NCCCN3CCOCC3)c2c1. The molecule has 158 valence electrons. The monoisotopic (exact) mass is 426 g/mol. The van der Waals surface area contributed by atoms with Crippen LogP contribution in [0.5, 0.6) is 5.75 Å². The van der Waals surface area contributed by atoms with Gasteiger partial charge in [-0.1, -0.05) is 11.6 Å². The van der Waals surface area contributed by atoms with Gasteiger partial charge in [-0.25, -0.2) is 0 Å². The van der Waals surface area contributed by atoms with Crippen LogP contribution in [0.2, 0.25) is 5.02 Å². The number of nitrogens with zero attached hydrogens (tertiary/aromatic N) is 2. The van der Waals surface area contributed by atoms with Crippen molar-refractivity contribution in [2.24, 2.45) is 4.99 Å². The lowest BCUT2D eigenvalue weighted by Crippen LogP contribution is -2.37. The Balaban J connectivity index is 1.64. The smallest absolute Gasteiger partial charge is 0.137 e. The molecular weight excluding hydrogens is 400 g/mol. The standard InChI is InChI=1S/C24H27ClN2O3/c1-2-29-20-8-9-23-21(16-20)22(26-10-3-11-27-12-14-28-15-13-27)17-24(30-23)18-4-6-19(25)7-5-18/h4-9,16-17H,2-3,10-15H2,1H3. The fourth-order valence-electron chi connectivity index (χ4n) is 3.61. The molecule has 0 atom stereocenters. The van der Waals surface area contributed by atoms with Crippen LogP contribution in [0, 0.1) is 0 Å². The predicted molar refractivity (Wildman–Crippen MR) is 120 cm³/mol. The van der Waals surface area contributed by atoms with E-state index in [-0.39, 0.29) is 0 Å². The van der Waals surface area contributed by atoms with Gasteiger partial charge in [0, 0.05) is 48.2 Å². The molecule has 30 heavy (non-hydrogen) atoms. The highest BCUT2D eigenvalue weighted by molar-refractivity contribution is 6.30. The second kappa shape index (κ2) is 10.1. The Labute approximate surface area is 181 Å². The van der Waals surface area contributed by atoms with Gasteiger partial charge in [0.1, 0.15) is 17.1 Å². The van der Waals surface area contributed by atoms with Crippen molar-refractivity contribution < 1.29 is 13.9 Å². The highest BCUT2D eigenvalue weighted by Gasteiger charge is 2.10. The van der Waals surface area contributed by atoms with Gasteiger partial charge < -0.3 is 13.9 Å². The van der Waals surface area contributed by atoms with Gasteiger partial charge >= 0.3 is 0 Å². The Hall–Kier alpha value is -2.34. The number of halogens is 1. The highest BCUT2D eigenvalue weighted by Crippen LogP contribution is 2.25. The average molecular weight is 427 g/mol. The Morgan fingerprint density at radius 1 is 1.07 bits per heavy atom. The van der Waals surface area contributed by atoms with E-state index in [4.69, 9.17) is 30.5 Å². The van der Waals surface area contributed by atoms with Gasteiger partial charge in [0.25, 0.3) is 0 Å². The lowest BCUT2D eigenvalue weighted by Gasteiger charge is -2.26. The van der Waals surface area contributed by atoms with Crippen LogP contribution in [-0.2, 0) is 4.74 Å². The molecule has 4 rings (SSSR count). The summed E-state index contributed by atoms with van der Waals surface area (Å²) in [5, 5.41) is 2.59. The van der Waals surface area contributed by atoms with Crippen molar-refractivity contribution in [1.29, 1.82) is 0 Å². The van der Waals surface area contributed by atoms with E-state index >= 15 is 0 Å². The lowest BCUT2D eigenvalue weighted by atomic mass is 10.1. The highest BCUT2D eigenvalue weighted by atomic mass is 35.5. The Bertz CT molecular complexity index is 1040. The molecule has 0 bridgehead atoms. The van der Waals surface area contributed by atoms with Crippen LogP contribution in [0.3, 0.4) is 0 Å². The van der Waals surface area contributed by atoms with Crippen molar-refractivity contribution in [3.05, 3.63) is 58.9 Å². The van der Waals surface area contributed by atoms with E-state index in [1.165, 1.54) is 0 Å². The molecule has 5 nitrogen and oxygen atoms in total. The van der Waals surface area contributed by atoms with Gasteiger partial charge in [-0.05, 0) is 55.8 Å². The molecule has 1 aliphatic rings. The molecule has 0 amide bonds. The van der Waals surface area contributed by atoms with Gasteiger partial charge in [0.2, 0.25) is 0 Å². The van der Waals surface area contributed by atoms with Crippen molar-refractivity contribution in [2.45, 2.75) is 13.3 Å². The molecule has 1 aliphatic heterocycles. The summed E-state index contributed by atoms with van der Waals surface area (Å²) >= 11 is 6.05. The maximum absolute atomic E-state index is 6.18. The summed E-state index contributed by atoms with van der Waals surface area (Å²) < 4.78 is 17.3. The first-order valence-electron chi connectivity index (χ1n) is 10.5. The maximum Gasteiger partial charge on any atom is 0.137 e. The fourth-order valence-corrected chi connectivity index (χ4v) is 3.74. The molecule has 1 saturated heterocycles. The van der Waals surface area contributed by atoms with E-state index in [1.54, 1.807) is 0 Å². The summed E-state index contributed by atoms with van der Waals surface area (Å²) in [5.74, 6) is 1.60. The summed E-state index contributed by atoms with van der Waals surface area (Å²) in [4.78, 5) is 7.36. The summed E-state index contributed by atoms with van der Waals surface area (Å²) in [6.45, 7) is 8.06. The first-order valence-corrected chi connectivity index (χ1v) is 10.9. The number of rotatable bonds is 7. The van der Waals surface area contributed by atoms with Crippen molar-refractivity contribution in [1.82, 2.24) is 4.90 Å². The predicted octanol–water partition coefficient (Wildman–Crippen LogP) is 4.77. The average Bonchev–Trinajstić information content (AvgIpc) is 2.78. The number of morpholine rings is 1. The van der Waals surface area contributed by atoms with Crippen LogP contribution in [0.1, 0.15) is 13.3 Å². The molecule has 6 heteroatoms. The lowest BCUT2D eigenvalue weighted by molar-refractivity contribution is 0.0377. The molecule has 0 aliphatic carbocycles. The second-order valence-electron chi connectivity index (χ2n) is 7.28.